The fourth-order valence-corrected chi connectivity index (χ4v) is 1.63. The van der Waals surface area contributed by atoms with Gasteiger partial charge in [-0.15, -0.1) is 0 Å². The molecule has 0 radical (unpaired) electrons. The molecule has 0 aromatic heterocycles. The first-order chi connectivity index (χ1) is 5.68. The van der Waals surface area contributed by atoms with E-state index in [4.69, 9.17) is 5.11 Å². The van der Waals surface area contributed by atoms with E-state index < -0.39 is 5.97 Å². The van der Waals surface area contributed by atoms with Crippen molar-refractivity contribution in [1.29, 1.82) is 0 Å². The summed E-state index contributed by atoms with van der Waals surface area (Å²) in [6.07, 6.45) is 3.61. The lowest BCUT2D eigenvalue weighted by Crippen LogP contribution is -2.01. The van der Waals surface area contributed by atoms with Crippen molar-refractivity contribution in [2.75, 3.05) is 11.5 Å². The van der Waals surface area contributed by atoms with Crippen LogP contribution >= 0.6 is 11.8 Å². The largest absolute Gasteiger partial charge is 0.478 e. The molecule has 2 nitrogen and oxygen atoms in total. The SMILES string of the molecule is C=C(CSCCCCC)C(=O)O. The number of thioether (sulfide) groups is 1. The van der Waals surface area contributed by atoms with Gasteiger partial charge in [0, 0.05) is 11.3 Å². The second kappa shape index (κ2) is 7.22. The van der Waals surface area contributed by atoms with Gasteiger partial charge in [0.1, 0.15) is 0 Å². The Morgan fingerprint density at radius 1 is 1.50 bits per heavy atom. The summed E-state index contributed by atoms with van der Waals surface area (Å²) in [5.74, 6) is 0.720. The van der Waals surface area contributed by atoms with Crippen molar-refractivity contribution in [3.63, 3.8) is 0 Å². The monoisotopic (exact) mass is 188 g/mol. The van der Waals surface area contributed by atoms with Crippen LogP contribution in [0.2, 0.25) is 0 Å². The van der Waals surface area contributed by atoms with Crippen LogP contribution < -0.4 is 0 Å². The van der Waals surface area contributed by atoms with Crippen molar-refractivity contribution in [2.24, 2.45) is 0 Å². The maximum absolute atomic E-state index is 10.3. The Hall–Kier alpha value is -0.440. The molecule has 0 aliphatic rings. The molecular weight excluding hydrogens is 172 g/mol. The maximum atomic E-state index is 10.3. The average molecular weight is 188 g/mol. The van der Waals surface area contributed by atoms with Crippen molar-refractivity contribution in [2.45, 2.75) is 26.2 Å². The lowest BCUT2D eigenvalue weighted by Gasteiger charge is -1.99. The van der Waals surface area contributed by atoms with E-state index in [1.807, 2.05) is 0 Å². The fraction of sp³-hybridized carbons (Fsp3) is 0.667. The zero-order chi connectivity index (χ0) is 9.40. The maximum Gasteiger partial charge on any atom is 0.331 e. The number of carboxylic acids is 1. The number of aliphatic carboxylic acids is 1. The third-order valence-electron chi connectivity index (χ3n) is 1.47. The molecule has 0 bridgehead atoms. The Kier molecular flexibility index (Phi) is 6.96. The Labute approximate surface area is 78.0 Å². The quantitative estimate of drug-likeness (QED) is 0.493. The van der Waals surface area contributed by atoms with Gasteiger partial charge in [0.05, 0.1) is 0 Å². The van der Waals surface area contributed by atoms with Gasteiger partial charge in [0.25, 0.3) is 0 Å². The Balaban J connectivity index is 3.20. The first-order valence-electron chi connectivity index (χ1n) is 4.17. The summed E-state index contributed by atoms with van der Waals surface area (Å²) >= 11 is 1.65. The Bertz CT molecular complexity index is 155. The lowest BCUT2D eigenvalue weighted by molar-refractivity contribution is -0.132. The zero-order valence-corrected chi connectivity index (χ0v) is 8.32. The van der Waals surface area contributed by atoms with Crippen molar-refractivity contribution >= 4 is 17.7 Å². The van der Waals surface area contributed by atoms with Crippen molar-refractivity contribution < 1.29 is 9.90 Å². The number of hydrogen-bond acceptors (Lipinski definition) is 2. The second-order valence-electron chi connectivity index (χ2n) is 2.67. The van der Waals surface area contributed by atoms with Crippen LogP contribution in [0, 0.1) is 0 Å². The summed E-state index contributed by atoms with van der Waals surface area (Å²) in [6, 6.07) is 0. The molecule has 0 saturated carbocycles. The molecule has 12 heavy (non-hydrogen) atoms. The predicted molar refractivity (Wildman–Crippen MR) is 53.6 cm³/mol. The van der Waals surface area contributed by atoms with Gasteiger partial charge < -0.3 is 5.11 Å². The van der Waals surface area contributed by atoms with E-state index in [-0.39, 0.29) is 0 Å². The summed E-state index contributed by atoms with van der Waals surface area (Å²) < 4.78 is 0. The first kappa shape index (κ1) is 11.6. The zero-order valence-electron chi connectivity index (χ0n) is 7.51. The van der Waals surface area contributed by atoms with E-state index in [1.54, 1.807) is 11.8 Å². The van der Waals surface area contributed by atoms with Crippen LogP contribution in [0.15, 0.2) is 12.2 Å². The molecule has 1 N–H and O–H groups in total. The van der Waals surface area contributed by atoms with Gasteiger partial charge in [0.15, 0.2) is 0 Å². The highest BCUT2D eigenvalue weighted by atomic mass is 32.2. The highest BCUT2D eigenvalue weighted by Gasteiger charge is 2.02. The molecule has 0 rings (SSSR count). The predicted octanol–water partition coefficient (Wildman–Crippen LogP) is 2.55. The van der Waals surface area contributed by atoms with E-state index in [0.717, 1.165) is 5.75 Å². The summed E-state index contributed by atoms with van der Waals surface area (Å²) in [7, 11) is 0. The van der Waals surface area contributed by atoms with Crippen LogP contribution in [-0.2, 0) is 4.79 Å². The van der Waals surface area contributed by atoms with Crippen LogP contribution in [0.5, 0.6) is 0 Å². The van der Waals surface area contributed by atoms with Crippen LogP contribution in [-0.4, -0.2) is 22.6 Å². The van der Waals surface area contributed by atoms with Gasteiger partial charge in [0.2, 0.25) is 0 Å². The minimum absolute atomic E-state index is 0.302. The molecule has 70 valence electrons. The normalized spacial score (nSPS) is 9.75. The minimum atomic E-state index is -0.877. The van der Waals surface area contributed by atoms with E-state index in [9.17, 15) is 4.79 Å². The first-order valence-corrected chi connectivity index (χ1v) is 5.32. The number of unbranched alkanes of at least 4 members (excludes halogenated alkanes) is 2. The van der Waals surface area contributed by atoms with Crippen LogP contribution in [0.1, 0.15) is 26.2 Å². The van der Waals surface area contributed by atoms with Gasteiger partial charge in [-0.1, -0.05) is 26.3 Å². The third-order valence-corrected chi connectivity index (χ3v) is 2.60. The molecule has 3 heteroatoms. The molecule has 0 heterocycles. The molecule has 0 unspecified atom stereocenters. The second-order valence-corrected chi connectivity index (χ2v) is 3.77. The van der Waals surface area contributed by atoms with E-state index >= 15 is 0 Å². The molecule has 0 aliphatic carbocycles. The number of hydrogen-bond donors (Lipinski definition) is 1. The summed E-state index contributed by atoms with van der Waals surface area (Å²) in [6.45, 7) is 5.61. The fourth-order valence-electron chi connectivity index (χ4n) is 0.711. The summed E-state index contributed by atoms with van der Waals surface area (Å²) in [5, 5.41) is 8.47. The van der Waals surface area contributed by atoms with Crippen molar-refractivity contribution in [3.05, 3.63) is 12.2 Å². The minimum Gasteiger partial charge on any atom is -0.478 e. The van der Waals surface area contributed by atoms with Gasteiger partial charge in [-0.2, -0.15) is 11.8 Å². The number of rotatable bonds is 7. The van der Waals surface area contributed by atoms with Crippen molar-refractivity contribution in [3.8, 4) is 0 Å². The van der Waals surface area contributed by atoms with E-state index in [0.29, 0.717) is 11.3 Å². The molecule has 0 aromatic rings. The molecule has 0 saturated heterocycles. The molecule has 0 aromatic carbocycles. The molecule has 0 aliphatic heterocycles. The molecule has 0 spiro atoms. The standard InChI is InChI=1S/C9H16O2S/c1-3-4-5-6-12-7-8(2)9(10)11/h2-7H2,1H3,(H,10,11). The third kappa shape index (κ3) is 6.28. The molecule has 0 atom stereocenters. The van der Waals surface area contributed by atoms with Gasteiger partial charge in [-0.3, -0.25) is 0 Å². The Morgan fingerprint density at radius 3 is 2.67 bits per heavy atom. The van der Waals surface area contributed by atoms with E-state index in [1.165, 1.54) is 19.3 Å². The number of carboxylic acid groups (broad SMARTS) is 1. The highest BCUT2D eigenvalue weighted by molar-refractivity contribution is 7.99. The molecule has 0 amide bonds. The van der Waals surface area contributed by atoms with Crippen molar-refractivity contribution in [1.82, 2.24) is 0 Å². The Morgan fingerprint density at radius 2 is 2.17 bits per heavy atom. The molecule has 0 fully saturated rings. The average Bonchev–Trinajstić information content (AvgIpc) is 2.03. The van der Waals surface area contributed by atoms with Crippen LogP contribution in [0.25, 0.3) is 0 Å². The van der Waals surface area contributed by atoms with Crippen LogP contribution in [0.3, 0.4) is 0 Å². The summed E-state index contributed by atoms with van der Waals surface area (Å²) in [4.78, 5) is 10.3. The lowest BCUT2D eigenvalue weighted by atomic mass is 10.3. The summed E-state index contributed by atoms with van der Waals surface area (Å²) in [5.41, 5.74) is 0.302. The smallest absolute Gasteiger partial charge is 0.331 e. The highest BCUT2D eigenvalue weighted by Crippen LogP contribution is 2.09. The van der Waals surface area contributed by atoms with Crippen LogP contribution in [0.4, 0.5) is 0 Å². The number of carbonyl (C=O) groups is 1. The molecular formula is C9H16O2S. The topological polar surface area (TPSA) is 37.3 Å². The van der Waals surface area contributed by atoms with Gasteiger partial charge in [-0.25, -0.2) is 4.79 Å². The van der Waals surface area contributed by atoms with E-state index in [2.05, 4.69) is 13.5 Å². The van der Waals surface area contributed by atoms with Gasteiger partial charge >= 0.3 is 5.97 Å². The van der Waals surface area contributed by atoms with Gasteiger partial charge in [-0.05, 0) is 12.2 Å².